The molecule has 8 heteroatoms. The van der Waals surface area contributed by atoms with Crippen LogP contribution in [0.2, 0.25) is 0 Å². The number of fused-ring (bicyclic) bond motifs is 2. The molecule has 3 fully saturated rings. The highest BCUT2D eigenvalue weighted by Gasteiger charge is 2.65. The lowest BCUT2D eigenvalue weighted by molar-refractivity contribution is -0.128. The van der Waals surface area contributed by atoms with Gasteiger partial charge in [0.05, 0.1) is 5.75 Å². The number of aromatic nitrogens is 1. The largest absolute Gasteiger partial charge is 0.354 e. The molecule has 2 saturated carbocycles. The van der Waals surface area contributed by atoms with Gasteiger partial charge in [-0.15, -0.1) is 0 Å². The Kier molecular flexibility index (Phi) is 5.70. The normalized spacial score (nSPS) is 30.0. The summed E-state index contributed by atoms with van der Waals surface area (Å²) in [5.41, 5.74) is -0.943. The van der Waals surface area contributed by atoms with Gasteiger partial charge in [-0.25, -0.2) is 18.1 Å². The Bertz CT molecular complexity index is 881. The number of Topliss-reactive ketones (excluding diaryl/α,β-unsaturated/α-hetero) is 1. The lowest BCUT2D eigenvalue weighted by Crippen LogP contribution is -2.52. The summed E-state index contributed by atoms with van der Waals surface area (Å²) in [4.78, 5) is 21.7. The van der Waals surface area contributed by atoms with Crippen molar-refractivity contribution >= 4 is 21.6 Å². The van der Waals surface area contributed by atoms with Gasteiger partial charge < -0.3 is 4.90 Å². The second-order valence-corrected chi connectivity index (χ2v) is 11.7. The van der Waals surface area contributed by atoms with Gasteiger partial charge in [0, 0.05) is 56.8 Å². The summed E-state index contributed by atoms with van der Waals surface area (Å²) in [5, 5.41) is 0. The molecule has 166 valence electrons. The van der Waals surface area contributed by atoms with Gasteiger partial charge in [0.2, 0.25) is 10.0 Å². The van der Waals surface area contributed by atoms with Gasteiger partial charge in [-0.3, -0.25) is 9.69 Å². The number of hydrogen-bond donors (Lipinski definition) is 1. The number of anilines is 1. The van der Waals surface area contributed by atoms with Crippen molar-refractivity contribution in [3.8, 4) is 0 Å². The zero-order valence-electron chi connectivity index (χ0n) is 18.3. The Morgan fingerprint density at radius 1 is 1.23 bits per heavy atom. The average molecular weight is 435 g/mol. The van der Waals surface area contributed by atoms with Crippen molar-refractivity contribution in [1.82, 2.24) is 14.6 Å². The fourth-order valence-corrected chi connectivity index (χ4v) is 8.00. The molecule has 1 aromatic heterocycles. The van der Waals surface area contributed by atoms with E-state index in [0.717, 1.165) is 38.4 Å². The van der Waals surface area contributed by atoms with E-state index in [0.29, 0.717) is 25.3 Å². The third kappa shape index (κ3) is 3.89. The van der Waals surface area contributed by atoms with Crippen molar-refractivity contribution in [2.24, 2.45) is 16.7 Å². The van der Waals surface area contributed by atoms with Crippen molar-refractivity contribution in [1.29, 1.82) is 0 Å². The molecule has 1 saturated heterocycles. The van der Waals surface area contributed by atoms with Crippen LogP contribution in [0, 0.1) is 16.7 Å². The molecule has 1 aromatic rings. The average Bonchev–Trinajstić information content (AvgIpc) is 3.02. The number of ketones is 1. The van der Waals surface area contributed by atoms with Gasteiger partial charge in [-0.05, 0) is 43.2 Å². The summed E-state index contributed by atoms with van der Waals surface area (Å²) in [6.45, 7) is 10.2. The molecule has 3 atom stereocenters. The van der Waals surface area contributed by atoms with Gasteiger partial charge in [0.1, 0.15) is 11.6 Å². The van der Waals surface area contributed by atoms with Gasteiger partial charge in [0.15, 0.2) is 0 Å². The van der Waals surface area contributed by atoms with Crippen LogP contribution in [0.15, 0.2) is 24.4 Å². The van der Waals surface area contributed by atoms with E-state index in [1.54, 1.807) is 6.20 Å². The molecule has 2 bridgehead atoms. The Hall–Kier alpha value is -1.51. The molecule has 4 rings (SSSR count). The number of sulfonamides is 1. The van der Waals surface area contributed by atoms with Crippen LogP contribution in [-0.2, 0) is 14.8 Å². The summed E-state index contributed by atoms with van der Waals surface area (Å²) in [6, 6.07) is 5.74. The molecule has 2 aliphatic carbocycles. The maximum atomic E-state index is 13.0. The van der Waals surface area contributed by atoms with Crippen LogP contribution >= 0.6 is 0 Å². The first kappa shape index (κ1) is 21.7. The predicted octanol–water partition coefficient (Wildman–Crippen LogP) is 1.91. The molecule has 0 aromatic carbocycles. The van der Waals surface area contributed by atoms with E-state index in [9.17, 15) is 13.2 Å². The van der Waals surface area contributed by atoms with Crippen LogP contribution in [-0.4, -0.2) is 68.6 Å². The lowest BCUT2D eigenvalue weighted by atomic mass is 9.70. The number of pyridine rings is 1. The van der Waals surface area contributed by atoms with Gasteiger partial charge in [0.25, 0.3) is 0 Å². The maximum absolute atomic E-state index is 13.0. The molecular formula is C22H34N4O3S. The van der Waals surface area contributed by atoms with E-state index < -0.39 is 15.4 Å². The number of carbonyl (C=O) groups excluding carboxylic acids is 1. The highest BCUT2D eigenvalue weighted by atomic mass is 32.2. The summed E-state index contributed by atoms with van der Waals surface area (Å²) < 4.78 is 28.8. The van der Waals surface area contributed by atoms with Gasteiger partial charge in [-0.1, -0.05) is 19.9 Å². The molecule has 0 radical (unpaired) electrons. The van der Waals surface area contributed by atoms with Crippen molar-refractivity contribution in [3.63, 3.8) is 0 Å². The SMILES string of the molecule is CC(CN1CCN(c2ccccn2)CC1)NS(=O)(=O)CC12CCC(CC1=O)C2(C)C. The minimum absolute atomic E-state index is 0.0693. The summed E-state index contributed by atoms with van der Waals surface area (Å²) >= 11 is 0. The fraction of sp³-hybridized carbons (Fsp3) is 0.727. The van der Waals surface area contributed by atoms with Crippen LogP contribution < -0.4 is 9.62 Å². The predicted molar refractivity (Wildman–Crippen MR) is 118 cm³/mol. The standard InChI is InChI=1S/C22H34N4O3S/c1-17(15-25-10-12-26(13-11-25)20-6-4-5-9-23-20)24-30(28,29)16-22-8-7-18(14-19(22)27)21(22,2)3/h4-6,9,17-18,24H,7-8,10-16H2,1-3H3. The fourth-order valence-electron chi connectivity index (χ4n) is 5.91. The molecular weight excluding hydrogens is 400 g/mol. The Morgan fingerprint density at radius 2 is 1.97 bits per heavy atom. The van der Waals surface area contributed by atoms with Crippen molar-refractivity contribution < 1.29 is 13.2 Å². The summed E-state index contributed by atoms with van der Waals surface area (Å²) in [5.74, 6) is 1.39. The zero-order chi connectivity index (χ0) is 21.6. The van der Waals surface area contributed by atoms with E-state index in [2.05, 4.69) is 33.4 Å². The van der Waals surface area contributed by atoms with Crippen LogP contribution in [0.3, 0.4) is 0 Å². The van der Waals surface area contributed by atoms with Crippen molar-refractivity contribution in [3.05, 3.63) is 24.4 Å². The van der Waals surface area contributed by atoms with E-state index in [-0.39, 0.29) is 23.0 Å². The first-order chi connectivity index (χ1) is 14.1. The van der Waals surface area contributed by atoms with Crippen LogP contribution in [0.4, 0.5) is 5.82 Å². The van der Waals surface area contributed by atoms with Gasteiger partial charge in [-0.2, -0.15) is 0 Å². The first-order valence-electron chi connectivity index (χ1n) is 11.0. The van der Waals surface area contributed by atoms with Crippen molar-refractivity contribution in [2.75, 3.05) is 43.4 Å². The highest BCUT2D eigenvalue weighted by Crippen LogP contribution is 2.64. The number of piperazine rings is 1. The van der Waals surface area contributed by atoms with Crippen LogP contribution in [0.5, 0.6) is 0 Å². The lowest BCUT2D eigenvalue weighted by Gasteiger charge is -2.38. The minimum Gasteiger partial charge on any atom is -0.354 e. The number of carbonyl (C=O) groups is 1. The Labute approximate surface area is 180 Å². The first-order valence-corrected chi connectivity index (χ1v) is 12.7. The van der Waals surface area contributed by atoms with E-state index in [1.807, 2.05) is 25.1 Å². The van der Waals surface area contributed by atoms with Crippen molar-refractivity contribution in [2.45, 2.75) is 46.1 Å². The Morgan fingerprint density at radius 3 is 2.53 bits per heavy atom. The van der Waals surface area contributed by atoms with Crippen LogP contribution in [0.1, 0.15) is 40.0 Å². The van der Waals surface area contributed by atoms with E-state index >= 15 is 0 Å². The second-order valence-electron chi connectivity index (χ2n) is 9.92. The number of rotatable bonds is 7. The molecule has 3 unspecified atom stereocenters. The van der Waals surface area contributed by atoms with Crippen LogP contribution in [0.25, 0.3) is 0 Å². The highest BCUT2D eigenvalue weighted by molar-refractivity contribution is 7.89. The molecule has 1 N–H and O–H groups in total. The molecule has 30 heavy (non-hydrogen) atoms. The van der Waals surface area contributed by atoms with E-state index in [4.69, 9.17) is 0 Å². The molecule has 1 aliphatic heterocycles. The quantitative estimate of drug-likeness (QED) is 0.706. The molecule has 7 nitrogen and oxygen atoms in total. The second kappa shape index (κ2) is 7.88. The molecule has 0 spiro atoms. The number of nitrogens with zero attached hydrogens (tertiary/aromatic N) is 3. The Balaban J connectivity index is 1.31. The molecule has 3 aliphatic rings. The third-order valence-corrected chi connectivity index (χ3v) is 9.47. The van der Waals surface area contributed by atoms with Gasteiger partial charge >= 0.3 is 0 Å². The summed E-state index contributed by atoms with van der Waals surface area (Å²) in [7, 11) is -3.53. The third-order valence-electron chi connectivity index (χ3n) is 7.83. The monoisotopic (exact) mass is 434 g/mol. The zero-order valence-corrected chi connectivity index (χ0v) is 19.1. The molecule has 2 heterocycles. The van der Waals surface area contributed by atoms with E-state index in [1.165, 1.54) is 0 Å². The minimum atomic E-state index is -3.53. The topological polar surface area (TPSA) is 82.6 Å². The smallest absolute Gasteiger partial charge is 0.212 e. The number of nitrogens with one attached hydrogen (secondary N) is 1. The number of hydrogen-bond acceptors (Lipinski definition) is 6. The molecule has 0 amide bonds. The maximum Gasteiger partial charge on any atom is 0.212 e. The summed E-state index contributed by atoms with van der Waals surface area (Å²) in [6.07, 6.45) is 4.01.